The predicted molar refractivity (Wildman–Crippen MR) is 123 cm³/mol. The van der Waals surface area contributed by atoms with Crippen molar-refractivity contribution in [1.29, 1.82) is 0 Å². The van der Waals surface area contributed by atoms with E-state index >= 15 is 0 Å². The summed E-state index contributed by atoms with van der Waals surface area (Å²) in [5.41, 5.74) is 2.56. The molecule has 30 heavy (non-hydrogen) atoms. The first kappa shape index (κ1) is 20.8. The van der Waals surface area contributed by atoms with Crippen molar-refractivity contribution in [3.8, 4) is 0 Å². The number of aromatic amines is 1. The normalized spacial score (nSPS) is 20.2. The standard InChI is InChI=1S/C24H35N5O/c1-2-25-24(26-14-7-10-19-16-27-22-12-6-5-11-21(19)22)28-20-13-15-29(17-20)23(30)18-8-3-4-9-18/h5-6,11-12,16,18,20,27H,2-4,7-10,13-15,17H2,1H3,(H2,25,26,28). The van der Waals surface area contributed by atoms with E-state index in [1.165, 1.54) is 29.3 Å². The Morgan fingerprint density at radius 1 is 1.23 bits per heavy atom. The van der Waals surface area contributed by atoms with Crippen molar-refractivity contribution >= 4 is 22.8 Å². The fourth-order valence-electron chi connectivity index (χ4n) is 4.82. The van der Waals surface area contributed by atoms with E-state index in [9.17, 15) is 4.79 Å². The second-order valence-electron chi connectivity index (χ2n) is 8.62. The minimum absolute atomic E-state index is 0.273. The number of para-hydroxylation sites is 1. The van der Waals surface area contributed by atoms with Crippen LogP contribution < -0.4 is 10.6 Å². The molecular weight excluding hydrogens is 374 g/mol. The molecule has 2 aliphatic rings. The first-order valence-corrected chi connectivity index (χ1v) is 11.6. The van der Waals surface area contributed by atoms with Gasteiger partial charge in [-0.15, -0.1) is 0 Å². The molecule has 2 fully saturated rings. The Kier molecular flexibility index (Phi) is 6.92. The largest absolute Gasteiger partial charge is 0.361 e. The lowest BCUT2D eigenvalue weighted by atomic mass is 10.1. The Labute approximate surface area is 179 Å². The number of nitrogens with one attached hydrogen (secondary N) is 3. The Morgan fingerprint density at radius 3 is 2.90 bits per heavy atom. The zero-order valence-electron chi connectivity index (χ0n) is 18.1. The van der Waals surface area contributed by atoms with Crippen LogP contribution in [0.1, 0.15) is 51.0 Å². The predicted octanol–water partition coefficient (Wildman–Crippen LogP) is 3.45. The summed E-state index contributed by atoms with van der Waals surface area (Å²) >= 11 is 0. The summed E-state index contributed by atoms with van der Waals surface area (Å²) in [4.78, 5) is 22.9. The molecule has 1 unspecified atom stereocenters. The molecule has 3 N–H and O–H groups in total. The maximum Gasteiger partial charge on any atom is 0.225 e. The van der Waals surface area contributed by atoms with Gasteiger partial charge in [0.05, 0.1) is 0 Å². The van der Waals surface area contributed by atoms with Gasteiger partial charge < -0.3 is 20.5 Å². The third-order valence-electron chi connectivity index (χ3n) is 6.44. The fourth-order valence-corrected chi connectivity index (χ4v) is 4.82. The Balaban J connectivity index is 1.26. The number of guanidine groups is 1. The number of likely N-dealkylation sites (tertiary alicyclic amines) is 1. The van der Waals surface area contributed by atoms with Crippen LogP contribution in [-0.2, 0) is 11.2 Å². The highest BCUT2D eigenvalue weighted by Gasteiger charge is 2.32. The molecule has 1 aromatic heterocycles. The molecule has 4 rings (SSSR count). The van der Waals surface area contributed by atoms with E-state index in [4.69, 9.17) is 4.99 Å². The van der Waals surface area contributed by atoms with Crippen LogP contribution in [-0.4, -0.2) is 54.0 Å². The van der Waals surface area contributed by atoms with E-state index in [1.807, 2.05) is 0 Å². The molecule has 6 heteroatoms. The number of aromatic nitrogens is 1. The molecule has 2 aromatic rings. The number of carbonyl (C=O) groups is 1. The molecule has 1 aliphatic heterocycles. The molecule has 1 aliphatic carbocycles. The lowest BCUT2D eigenvalue weighted by Crippen LogP contribution is -2.45. The third-order valence-corrected chi connectivity index (χ3v) is 6.44. The van der Waals surface area contributed by atoms with Gasteiger partial charge in [-0.2, -0.15) is 0 Å². The number of benzene rings is 1. The van der Waals surface area contributed by atoms with Crippen LogP contribution in [0, 0.1) is 5.92 Å². The number of hydrogen-bond donors (Lipinski definition) is 3. The second-order valence-corrected chi connectivity index (χ2v) is 8.62. The number of fused-ring (bicyclic) bond motifs is 1. The van der Waals surface area contributed by atoms with Gasteiger partial charge in [-0.1, -0.05) is 31.0 Å². The van der Waals surface area contributed by atoms with Gasteiger partial charge in [-0.3, -0.25) is 9.79 Å². The zero-order valence-corrected chi connectivity index (χ0v) is 18.1. The van der Waals surface area contributed by atoms with Crippen LogP contribution in [0.25, 0.3) is 10.9 Å². The number of aryl methyl sites for hydroxylation is 1. The van der Waals surface area contributed by atoms with Gasteiger partial charge in [-0.25, -0.2) is 0 Å². The molecule has 1 aromatic carbocycles. The van der Waals surface area contributed by atoms with Gasteiger partial charge >= 0.3 is 0 Å². The summed E-state index contributed by atoms with van der Waals surface area (Å²) in [5.74, 6) is 1.52. The summed E-state index contributed by atoms with van der Waals surface area (Å²) in [6.45, 7) is 5.38. The van der Waals surface area contributed by atoms with Crippen LogP contribution in [0.5, 0.6) is 0 Å². The van der Waals surface area contributed by atoms with Crippen LogP contribution in [0.15, 0.2) is 35.5 Å². The maximum absolute atomic E-state index is 12.7. The minimum Gasteiger partial charge on any atom is -0.361 e. The van der Waals surface area contributed by atoms with E-state index in [0.29, 0.717) is 11.9 Å². The van der Waals surface area contributed by atoms with E-state index in [0.717, 1.165) is 64.2 Å². The zero-order chi connectivity index (χ0) is 20.8. The van der Waals surface area contributed by atoms with E-state index in [1.54, 1.807) is 0 Å². The minimum atomic E-state index is 0.273. The molecule has 2 heterocycles. The van der Waals surface area contributed by atoms with Crippen molar-refractivity contribution in [2.75, 3.05) is 26.2 Å². The topological polar surface area (TPSA) is 72.5 Å². The first-order valence-electron chi connectivity index (χ1n) is 11.6. The number of aliphatic imine (C=N–C) groups is 1. The average molecular weight is 410 g/mol. The van der Waals surface area contributed by atoms with Crippen molar-refractivity contribution < 1.29 is 4.79 Å². The Bertz CT molecular complexity index is 867. The SMILES string of the molecule is CCNC(=NCCCc1c[nH]c2ccccc12)NC1CCN(C(=O)C2CCCC2)C1. The van der Waals surface area contributed by atoms with Gasteiger partial charge in [-0.05, 0) is 50.7 Å². The van der Waals surface area contributed by atoms with Gasteiger partial charge in [0.25, 0.3) is 0 Å². The second kappa shape index (κ2) is 10.0. The highest BCUT2D eigenvalue weighted by molar-refractivity contribution is 5.83. The first-order chi connectivity index (χ1) is 14.7. The highest BCUT2D eigenvalue weighted by atomic mass is 16.2. The van der Waals surface area contributed by atoms with E-state index in [2.05, 4.69) is 57.9 Å². The van der Waals surface area contributed by atoms with Crippen LogP contribution >= 0.6 is 0 Å². The molecule has 162 valence electrons. The Hall–Kier alpha value is -2.50. The number of hydrogen-bond acceptors (Lipinski definition) is 2. The quantitative estimate of drug-likeness (QED) is 0.373. The summed E-state index contributed by atoms with van der Waals surface area (Å²) in [5, 5.41) is 8.23. The number of rotatable bonds is 7. The van der Waals surface area contributed by atoms with Crippen molar-refractivity contribution in [3.05, 3.63) is 36.0 Å². The molecule has 1 saturated carbocycles. The molecule has 0 bridgehead atoms. The molecule has 0 spiro atoms. The molecule has 1 amide bonds. The Morgan fingerprint density at radius 2 is 2.07 bits per heavy atom. The van der Waals surface area contributed by atoms with Gasteiger partial charge in [0.2, 0.25) is 5.91 Å². The summed E-state index contributed by atoms with van der Waals surface area (Å²) in [7, 11) is 0. The van der Waals surface area contributed by atoms with Crippen LogP contribution in [0.4, 0.5) is 0 Å². The number of H-pyrrole nitrogens is 1. The number of carbonyl (C=O) groups excluding carboxylic acids is 1. The lowest BCUT2D eigenvalue weighted by molar-refractivity contribution is -0.134. The number of nitrogens with zero attached hydrogens (tertiary/aromatic N) is 2. The van der Waals surface area contributed by atoms with E-state index in [-0.39, 0.29) is 5.92 Å². The van der Waals surface area contributed by atoms with Gasteiger partial charge in [0.15, 0.2) is 5.96 Å². The maximum atomic E-state index is 12.7. The molecule has 0 radical (unpaired) electrons. The highest BCUT2D eigenvalue weighted by Crippen LogP contribution is 2.27. The lowest BCUT2D eigenvalue weighted by Gasteiger charge is -2.21. The van der Waals surface area contributed by atoms with Crippen molar-refractivity contribution in [2.24, 2.45) is 10.9 Å². The van der Waals surface area contributed by atoms with Gasteiger partial charge in [0, 0.05) is 55.2 Å². The van der Waals surface area contributed by atoms with Crippen LogP contribution in [0.2, 0.25) is 0 Å². The monoisotopic (exact) mass is 409 g/mol. The third kappa shape index (κ3) is 4.97. The van der Waals surface area contributed by atoms with Crippen molar-refractivity contribution in [3.63, 3.8) is 0 Å². The number of amides is 1. The van der Waals surface area contributed by atoms with Crippen LogP contribution in [0.3, 0.4) is 0 Å². The van der Waals surface area contributed by atoms with Crippen molar-refractivity contribution in [1.82, 2.24) is 20.5 Å². The molecule has 6 nitrogen and oxygen atoms in total. The van der Waals surface area contributed by atoms with E-state index < -0.39 is 0 Å². The molecule has 1 saturated heterocycles. The summed E-state index contributed by atoms with van der Waals surface area (Å²) in [6, 6.07) is 8.74. The molecular formula is C24H35N5O. The smallest absolute Gasteiger partial charge is 0.225 e. The summed E-state index contributed by atoms with van der Waals surface area (Å²) < 4.78 is 0. The average Bonchev–Trinajstić information content (AvgIpc) is 3.52. The van der Waals surface area contributed by atoms with Crippen molar-refractivity contribution in [2.45, 2.75) is 57.9 Å². The summed E-state index contributed by atoms with van der Waals surface area (Å²) in [6.07, 6.45) is 9.71. The fraction of sp³-hybridized carbons (Fsp3) is 0.583. The van der Waals surface area contributed by atoms with Gasteiger partial charge in [0.1, 0.15) is 0 Å². The molecule has 1 atom stereocenters.